The summed E-state index contributed by atoms with van der Waals surface area (Å²) >= 11 is 0. The third kappa shape index (κ3) is 3.10. The van der Waals surface area contributed by atoms with Gasteiger partial charge in [-0.1, -0.05) is 30.3 Å². The second-order valence-electron chi connectivity index (χ2n) is 5.32. The molecule has 0 unspecified atom stereocenters. The molecule has 0 aliphatic rings. The zero-order valence-corrected chi connectivity index (χ0v) is 12.9. The lowest BCUT2D eigenvalue weighted by atomic mass is 10.1. The highest BCUT2D eigenvalue weighted by molar-refractivity contribution is 5.83. The van der Waals surface area contributed by atoms with Crippen LogP contribution in [-0.4, -0.2) is 48.3 Å². The molecule has 8 nitrogen and oxygen atoms in total. The molecule has 1 atom stereocenters. The molecule has 2 heterocycles. The number of carbonyl (C=O) groups is 1. The molecule has 1 N–H and O–H groups in total. The Bertz CT molecular complexity index is 766. The normalized spacial score (nSPS) is 12.1. The summed E-state index contributed by atoms with van der Waals surface area (Å²) in [5.74, 6) is -0.0934. The van der Waals surface area contributed by atoms with Crippen molar-refractivity contribution in [1.82, 2.24) is 35.3 Å². The Balaban J connectivity index is 1.87. The smallest absolute Gasteiger partial charge is 0.252 e. The Kier molecular flexibility index (Phi) is 4.13. The number of benzene rings is 1. The Hall–Kier alpha value is -3.03. The molecule has 3 aromatic rings. The fraction of sp³-hybridized carbons (Fsp3) is 0.267. The van der Waals surface area contributed by atoms with Crippen molar-refractivity contribution in [2.75, 3.05) is 7.05 Å². The molecule has 0 radical (unpaired) electrons. The van der Waals surface area contributed by atoms with E-state index in [0.29, 0.717) is 6.54 Å². The number of hydrogen-bond acceptors (Lipinski definition) is 5. The molecule has 1 aromatic carbocycles. The summed E-state index contributed by atoms with van der Waals surface area (Å²) in [7, 11) is 1.76. The highest BCUT2D eigenvalue weighted by Gasteiger charge is 2.27. The molecule has 1 amide bonds. The topological polar surface area (TPSA) is 92.6 Å². The predicted octanol–water partition coefficient (Wildman–Crippen LogP) is 0.953. The maximum absolute atomic E-state index is 13.0. The van der Waals surface area contributed by atoms with E-state index in [4.69, 9.17) is 0 Å². The Labute approximate surface area is 133 Å². The summed E-state index contributed by atoms with van der Waals surface area (Å²) in [6.45, 7) is 2.39. The van der Waals surface area contributed by atoms with Crippen LogP contribution in [-0.2, 0) is 11.3 Å². The molecule has 0 fully saturated rings. The van der Waals surface area contributed by atoms with Crippen LogP contribution in [0.15, 0.2) is 42.9 Å². The summed E-state index contributed by atoms with van der Waals surface area (Å²) in [6.07, 6.45) is 3.18. The molecule has 2 aromatic heterocycles. The van der Waals surface area contributed by atoms with Crippen LogP contribution in [0.3, 0.4) is 0 Å². The van der Waals surface area contributed by atoms with Crippen molar-refractivity contribution >= 4 is 5.91 Å². The van der Waals surface area contributed by atoms with Gasteiger partial charge in [0.1, 0.15) is 6.33 Å². The van der Waals surface area contributed by atoms with Crippen molar-refractivity contribution in [2.24, 2.45) is 0 Å². The summed E-state index contributed by atoms with van der Waals surface area (Å²) in [4.78, 5) is 14.6. The van der Waals surface area contributed by atoms with Gasteiger partial charge in [0.05, 0.1) is 6.20 Å². The van der Waals surface area contributed by atoms with E-state index in [1.807, 2.05) is 37.3 Å². The first kappa shape index (κ1) is 14.9. The fourth-order valence-electron chi connectivity index (χ4n) is 2.41. The standard InChI is InChI=1S/C15H17N7O/c1-11-13(8-16-18-11)9-21(2)15(23)14(22-10-17-19-20-22)12-6-4-3-5-7-12/h3-8,10,14H,9H2,1-2H3,(H,16,18)/t14-/m1/s1. The second-order valence-corrected chi connectivity index (χ2v) is 5.32. The summed E-state index contributed by atoms with van der Waals surface area (Å²) < 4.78 is 1.47. The van der Waals surface area contributed by atoms with Crippen LogP contribution in [0.4, 0.5) is 0 Å². The number of nitrogens with one attached hydrogen (secondary N) is 1. The highest BCUT2D eigenvalue weighted by Crippen LogP contribution is 2.20. The molecule has 0 spiro atoms. The van der Waals surface area contributed by atoms with E-state index in [9.17, 15) is 4.79 Å². The maximum atomic E-state index is 13.0. The molecule has 0 aliphatic carbocycles. The van der Waals surface area contributed by atoms with Gasteiger partial charge in [0.25, 0.3) is 5.91 Å². The highest BCUT2D eigenvalue weighted by atomic mass is 16.2. The first-order valence-corrected chi connectivity index (χ1v) is 7.18. The molecule has 0 bridgehead atoms. The molecule has 0 aliphatic heterocycles. The van der Waals surface area contributed by atoms with Crippen molar-refractivity contribution in [3.63, 3.8) is 0 Å². The minimum Gasteiger partial charge on any atom is -0.339 e. The summed E-state index contributed by atoms with van der Waals surface area (Å²) in [5.41, 5.74) is 2.76. The third-order valence-corrected chi connectivity index (χ3v) is 3.70. The van der Waals surface area contributed by atoms with Crippen molar-refractivity contribution in [3.8, 4) is 0 Å². The zero-order valence-electron chi connectivity index (χ0n) is 12.9. The van der Waals surface area contributed by atoms with Crippen LogP contribution in [0, 0.1) is 6.92 Å². The lowest BCUT2D eigenvalue weighted by Crippen LogP contribution is -2.35. The van der Waals surface area contributed by atoms with Gasteiger partial charge in [-0.05, 0) is 22.9 Å². The van der Waals surface area contributed by atoms with E-state index in [-0.39, 0.29) is 5.91 Å². The Morgan fingerprint density at radius 2 is 2.13 bits per heavy atom. The number of aryl methyl sites for hydroxylation is 1. The minimum atomic E-state index is -0.594. The van der Waals surface area contributed by atoms with E-state index < -0.39 is 6.04 Å². The van der Waals surface area contributed by atoms with Crippen LogP contribution < -0.4 is 0 Å². The van der Waals surface area contributed by atoms with E-state index in [1.165, 1.54) is 11.0 Å². The van der Waals surface area contributed by atoms with Crippen molar-refractivity contribution in [3.05, 3.63) is 59.7 Å². The molecule has 0 saturated heterocycles. The number of tetrazole rings is 1. The van der Waals surface area contributed by atoms with E-state index in [0.717, 1.165) is 16.8 Å². The Morgan fingerprint density at radius 3 is 2.74 bits per heavy atom. The number of rotatable bonds is 5. The van der Waals surface area contributed by atoms with E-state index >= 15 is 0 Å². The van der Waals surface area contributed by atoms with Gasteiger partial charge in [0, 0.05) is 24.8 Å². The van der Waals surface area contributed by atoms with Crippen molar-refractivity contribution < 1.29 is 4.79 Å². The third-order valence-electron chi connectivity index (χ3n) is 3.70. The average molecular weight is 311 g/mol. The predicted molar refractivity (Wildman–Crippen MR) is 82.2 cm³/mol. The average Bonchev–Trinajstić information content (AvgIpc) is 3.21. The Morgan fingerprint density at radius 1 is 1.35 bits per heavy atom. The van der Waals surface area contributed by atoms with E-state index in [1.54, 1.807) is 18.1 Å². The monoisotopic (exact) mass is 311 g/mol. The lowest BCUT2D eigenvalue weighted by Gasteiger charge is -2.23. The largest absolute Gasteiger partial charge is 0.339 e. The van der Waals surface area contributed by atoms with Crippen LogP contribution in [0.2, 0.25) is 0 Å². The van der Waals surface area contributed by atoms with Crippen LogP contribution in [0.25, 0.3) is 0 Å². The van der Waals surface area contributed by atoms with Gasteiger partial charge < -0.3 is 4.90 Å². The van der Waals surface area contributed by atoms with Gasteiger partial charge in [0.15, 0.2) is 6.04 Å². The minimum absolute atomic E-state index is 0.0934. The fourth-order valence-corrected chi connectivity index (χ4v) is 2.41. The van der Waals surface area contributed by atoms with Gasteiger partial charge in [0.2, 0.25) is 0 Å². The molecule has 8 heteroatoms. The molecular formula is C15H17N7O. The van der Waals surface area contributed by atoms with Gasteiger partial charge in [-0.25, -0.2) is 4.68 Å². The van der Waals surface area contributed by atoms with Crippen molar-refractivity contribution in [1.29, 1.82) is 0 Å². The lowest BCUT2D eigenvalue weighted by molar-refractivity contribution is -0.133. The number of aromatic amines is 1. The number of likely N-dealkylation sites (N-methyl/N-ethyl adjacent to an activating group) is 1. The first-order chi connectivity index (χ1) is 11.2. The van der Waals surface area contributed by atoms with Gasteiger partial charge >= 0.3 is 0 Å². The quantitative estimate of drug-likeness (QED) is 0.757. The SMILES string of the molecule is Cc1[nH]ncc1CN(C)C(=O)[C@@H](c1ccccc1)n1cnnn1. The molecule has 0 saturated carbocycles. The number of nitrogens with zero attached hydrogens (tertiary/aromatic N) is 6. The first-order valence-electron chi connectivity index (χ1n) is 7.18. The number of carbonyl (C=O) groups excluding carboxylic acids is 1. The van der Waals surface area contributed by atoms with Crippen LogP contribution in [0.1, 0.15) is 22.9 Å². The number of aromatic nitrogens is 6. The molecular weight excluding hydrogens is 294 g/mol. The summed E-state index contributed by atoms with van der Waals surface area (Å²) in [6, 6.07) is 8.87. The molecule has 23 heavy (non-hydrogen) atoms. The zero-order chi connectivity index (χ0) is 16.2. The molecule has 118 valence electrons. The maximum Gasteiger partial charge on any atom is 0.252 e. The number of amides is 1. The van der Waals surface area contributed by atoms with E-state index in [2.05, 4.69) is 25.7 Å². The van der Waals surface area contributed by atoms with Gasteiger partial charge in [-0.2, -0.15) is 5.10 Å². The van der Waals surface area contributed by atoms with Crippen molar-refractivity contribution in [2.45, 2.75) is 19.5 Å². The van der Waals surface area contributed by atoms with Gasteiger partial charge in [-0.15, -0.1) is 5.10 Å². The van der Waals surface area contributed by atoms with Gasteiger partial charge in [-0.3, -0.25) is 9.89 Å². The van der Waals surface area contributed by atoms with Crippen LogP contribution >= 0.6 is 0 Å². The number of H-pyrrole nitrogens is 1. The summed E-state index contributed by atoms with van der Waals surface area (Å²) in [5, 5.41) is 18.1. The second kappa shape index (κ2) is 6.39. The molecule has 3 rings (SSSR count). The number of hydrogen-bond donors (Lipinski definition) is 1. The van der Waals surface area contributed by atoms with Crippen LogP contribution in [0.5, 0.6) is 0 Å².